The molecular formula is C13H13N5O3S2. The van der Waals surface area contributed by atoms with Gasteiger partial charge in [0.25, 0.3) is 5.56 Å². The first kappa shape index (κ1) is 15.7. The molecule has 0 radical (unpaired) electrons. The molecule has 120 valence electrons. The van der Waals surface area contributed by atoms with E-state index in [1.807, 2.05) is 6.92 Å². The van der Waals surface area contributed by atoms with Crippen molar-refractivity contribution in [1.29, 1.82) is 0 Å². The van der Waals surface area contributed by atoms with Crippen LogP contribution in [0.5, 0.6) is 0 Å². The van der Waals surface area contributed by atoms with Gasteiger partial charge in [-0.15, -0.1) is 10.2 Å². The molecule has 0 aliphatic heterocycles. The van der Waals surface area contributed by atoms with Gasteiger partial charge >= 0.3 is 0 Å². The lowest BCUT2D eigenvalue weighted by Crippen LogP contribution is -2.24. The summed E-state index contributed by atoms with van der Waals surface area (Å²) in [5, 5.41) is 12.1. The summed E-state index contributed by atoms with van der Waals surface area (Å²) in [6.45, 7) is 3.40. The molecule has 0 saturated heterocycles. The van der Waals surface area contributed by atoms with Crippen molar-refractivity contribution in [2.75, 3.05) is 0 Å². The van der Waals surface area contributed by atoms with Crippen LogP contribution in [0.15, 0.2) is 34.0 Å². The first-order valence-corrected chi connectivity index (χ1v) is 8.95. The summed E-state index contributed by atoms with van der Waals surface area (Å²) in [5.74, 6) is 0. The molecule has 0 fully saturated rings. The fourth-order valence-corrected chi connectivity index (χ4v) is 3.71. The second-order valence-electron chi connectivity index (χ2n) is 4.92. The Balaban J connectivity index is 1.84. The number of fused-ring (bicyclic) bond motifs is 1. The van der Waals surface area contributed by atoms with Gasteiger partial charge in [0.05, 0.1) is 11.4 Å². The Labute approximate surface area is 135 Å². The zero-order valence-electron chi connectivity index (χ0n) is 12.3. The van der Waals surface area contributed by atoms with E-state index in [4.69, 9.17) is 0 Å². The van der Waals surface area contributed by atoms with Crippen LogP contribution in [0.25, 0.3) is 4.96 Å². The standard InChI is InChI=1S/C13H13N5O3S2/c1-8-3-5-10(6-4-8)23(20,21)14-7-11-17-18-12(19)9(2)15-16-13(18)22-11/h3-6,14H,7H2,1-2H3. The highest BCUT2D eigenvalue weighted by atomic mass is 32.2. The summed E-state index contributed by atoms with van der Waals surface area (Å²) in [6, 6.07) is 6.53. The fourth-order valence-electron chi connectivity index (χ4n) is 1.86. The van der Waals surface area contributed by atoms with Crippen molar-refractivity contribution in [3.63, 3.8) is 0 Å². The Kier molecular flexibility index (Phi) is 3.96. The molecule has 0 aliphatic rings. The molecule has 3 aromatic rings. The number of hydrogen-bond acceptors (Lipinski definition) is 7. The Morgan fingerprint density at radius 1 is 1.17 bits per heavy atom. The lowest BCUT2D eigenvalue weighted by Gasteiger charge is -2.05. The van der Waals surface area contributed by atoms with E-state index in [-0.39, 0.29) is 22.7 Å². The number of sulfonamides is 1. The normalized spacial score (nSPS) is 11.9. The third-order valence-electron chi connectivity index (χ3n) is 3.13. The molecule has 8 nitrogen and oxygen atoms in total. The summed E-state index contributed by atoms with van der Waals surface area (Å²) in [5.41, 5.74) is 0.849. The lowest BCUT2D eigenvalue weighted by molar-refractivity contribution is 0.580. The number of aryl methyl sites for hydroxylation is 2. The van der Waals surface area contributed by atoms with Crippen LogP contribution in [-0.4, -0.2) is 28.2 Å². The highest BCUT2D eigenvalue weighted by Crippen LogP contribution is 2.13. The van der Waals surface area contributed by atoms with Gasteiger partial charge in [0.1, 0.15) is 10.7 Å². The molecule has 0 bridgehead atoms. The average Bonchev–Trinajstić information content (AvgIpc) is 2.94. The van der Waals surface area contributed by atoms with E-state index < -0.39 is 10.0 Å². The van der Waals surface area contributed by atoms with Gasteiger partial charge in [-0.25, -0.2) is 13.1 Å². The second-order valence-corrected chi connectivity index (χ2v) is 7.73. The van der Waals surface area contributed by atoms with Gasteiger partial charge in [-0.2, -0.15) is 9.61 Å². The molecule has 0 saturated carbocycles. The first-order chi connectivity index (χ1) is 10.9. The van der Waals surface area contributed by atoms with Crippen molar-refractivity contribution in [2.24, 2.45) is 0 Å². The third-order valence-corrected chi connectivity index (χ3v) is 5.45. The van der Waals surface area contributed by atoms with Crippen LogP contribution in [0.4, 0.5) is 0 Å². The van der Waals surface area contributed by atoms with E-state index in [2.05, 4.69) is 20.0 Å². The van der Waals surface area contributed by atoms with Crippen LogP contribution in [0.1, 0.15) is 16.3 Å². The largest absolute Gasteiger partial charge is 0.296 e. The van der Waals surface area contributed by atoms with Gasteiger partial charge in [-0.3, -0.25) is 4.79 Å². The highest BCUT2D eigenvalue weighted by molar-refractivity contribution is 7.89. The molecule has 0 unspecified atom stereocenters. The summed E-state index contributed by atoms with van der Waals surface area (Å²) in [7, 11) is -3.64. The van der Waals surface area contributed by atoms with Crippen molar-refractivity contribution in [1.82, 2.24) is 24.5 Å². The minimum absolute atomic E-state index is 0.0251. The van der Waals surface area contributed by atoms with Crippen LogP contribution < -0.4 is 10.3 Å². The molecule has 10 heteroatoms. The predicted octanol–water partition coefficient (Wildman–Crippen LogP) is 0.641. The van der Waals surface area contributed by atoms with Gasteiger partial charge in [0, 0.05) is 0 Å². The Morgan fingerprint density at radius 2 is 1.87 bits per heavy atom. The van der Waals surface area contributed by atoms with E-state index in [0.717, 1.165) is 21.4 Å². The van der Waals surface area contributed by atoms with Crippen molar-refractivity contribution in [2.45, 2.75) is 25.3 Å². The number of benzene rings is 1. The van der Waals surface area contributed by atoms with Crippen LogP contribution >= 0.6 is 11.3 Å². The maximum atomic E-state index is 12.2. The zero-order chi connectivity index (χ0) is 16.6. The van der Waals surface area contributed by atoms with Crippen LogP contribution in [0.2, 0.25) is 0 Å². The summed E-state index contributed by atoms with van der Waals surface area (Å²) >= 11 is 1.11. The summed E-state index contributed by atoms with van der Waals surface area (Å²) in [6.07, 6.45) is 0. The number of hydrogen-bond donors (Lipinski definition) is 1. The quantitative estimate of drug-likeness (QED) is 0.739. The van der Waals surface area contributed by atoms with Gasteiger partial charge in [0.2, 0.25) is 15.0 Å². The Hall–Kier alpha value is -2.17. The maximum absolute atomic E-state index is 12.2. The molecule has 1 N–H and O–H groups in total. The number of aromatic nitrogens is 4. The summed E-state index contributed by atoms with van der Waals surface area (Å²) in [4.78, 5) is 12.4. The smallest absolute Gasteiger partial charge is 0.265 e. The van der Waals surface area contributed by atoms with Crippen LogP contribution in [0.3, 0.4) is 0 Å². The van der Waals surface area contributed by atoms with Gasteiger partial charge in [-0.1, -0.05) is 29.0 Å². The van der Waals surface area contributed by atoms with Crippen LogP contribution in [0, 0.1) is 13.8 Å². The van der Waals surface area contributed by atoms with Crippen molar-refractivity contribution < 1.29 is 8.42 Å². The minimum Gasteiger partial charge on any atom is -0.265 e. The van der Waals surface area contributed by atoms with E-state index >= 15 is 0 Å². The lowest BCUT2D eigenvalue weighted by atomic mass is 10.2. The fraction of sp³-hybridized carbons (Fsp3) is 0.231. The van der Waals surface area contributed by atoms with E-state index in [1.54, 1.807) is 19.1 Å². The van der Waals surface area contributed by atoms with Gasteiger partial charge < -0.3 is 0 Å². The summed E-state index contributed by atoms with van der Waals surface area (Å²) < 4.78 is 28.0. The van der Waals surface area contributed by atoms with E-state index in [9.17, 15) is 13.2 Å². The molecule has 23 heavy (non-hydrogen) atoms. The third kappa shape index (κ3) is 3.14. The van der Waals surface area contributed by atoms with E-state index in [1.165, 1.54) is 12.1 Å². The van der Waals surface area contributed by atoms with Crippen molar-refractivity contribution in [3.05, 3.63) is 50.9 Å². The Bertz CT molecular complexity index is 1020. The monoisotopic (exact) mass is 351 g/mol. The van der Waals surface area contributed by atoms with Gasteiger partial charge in [-0.05, 0) is 26.0 Å². The highest BCUT2D eigenvalue weighted by Gasteiger charge is 2.15. The molecule has 2 heterocycles. The predicted molar refractivity (Wildman–Crippen MR) is 84.9 cm³/mol. The zero-order valence-corrected chi connectivity index (χ0v) is 14.0. The van der Waals surface area contributed by atoms with Crippen molar-refractivity contribution in [3.8, 4) is 0 Å². The number of nitrogens with zero attached hydrogens (tertiary/aromatic N) is 4. The first-order valence-electron chi connectivity index (χ1n) is 6.65. The SMILES string of the molecule is Cc1ccc(S(=O)(=O)NCc2nn3c(=O)c(C)nnc3s2)cc1. The number of nitrogens with one attached hydrogen (secondary N) is 1. The molecule has 2 aromatic heterocycles. The molecule has 1 aromatic carbocycles. The molecule has 0 spiro atoms. The minimum atomic E-state index is -3.64. The molecule has 3 rings (SSSR count). The van der Waals surface area contributed by atoms with E-state index in [0.29, 0.717) is 9.97 Å². The van der Waals surface area contributed by atoms with Gasteiger partial charge in [0.15, 0.2) is 0 Å². The molecule has 0 amide bonds. The molecule has 0 atom stereocenters. The average molecular weight is 351 g/mol. The molecular weight excluding hydrogens is 338 g/mol. The number of rotatable bonds is 4. The topological polar surface area (TPSA) is 106 Å². The Morgan fingerprint density at radius 3 is 2.57 bits per heavy atom. The maximum Gasteiger partial charge on any atom is 0.296 e. The second kappa shape index (κ2) is 5.80. The van der Waals surface area contributed by atoms with Crippen LogP contribution in [-0.2, 0) is 16.6 Å². The molecule has 0 aliphatic carbocycles. The van der Waals surface area contributed by atoms with Crippen molar-refractivity contribution >= 4 is 26.3 Å².